The van der Waals surface area contributed by atoms with Crippen LogP contribution in [0.1, 0.15) is 35.6 Å². The van der Waals surface area contributed by atoms with Gasteiger partial charge in [0.25, 0.3) is 0 Å². The number of benzene rings is 3. The van der Waals surface area contributed by atoms with Crippen molar-refractivity contribution in [1.29, 1.82) is 0 Å². The van der Waals surface area contributed by atoms with Crippen LogP contribution in [0.4, 0.5) is 26.3 Å². The maximum Gasteiger partial charge on any atom is 0.416 e. The minimum Gasteiger partial charge on any atom is -0.372 e. The van der Waals surface area contributed by atoms with E-state index in [1.54, 1.807) is 31.4 Å². The van der Waals surface area contributed by atoms with E-state index in [1.807, 2.05) is 26.2 Å². The van der Waals surface area contributed by atoms with Crippen LogP contribution < -0.4 is 0 Å². The van der Waals surface area contributed by atoms with Crippen LogP contribution in [0.3, 0.4) is 0 Å². The van der Waals surface area contributed by atoms with Crippen molar-refractivity contribution in [2.45, 2.75) is 43.8 Å². The van der Waals surface area contributed by atoms with E-state index in [2.05, 4.69) is 17.9 Å². The van der Waals surface area contributed by atoms with Crippen molar-refractivity contribution in [2.24, 2.45) is 0 Å². The standard InChI is InChI=1S/C28H27F6NO/c1-26(36-4)24-11-9-19(13-20(24)10-12-25(26)35(2)3)17-5-7-18(8-6-17)21-14-22(27(29,30)31)16-23(15-21)28(32,33)34/h5-9,11,13-16,25H,10,12H2,1-4H3. The maximum absolute atomic E-state index is 13.2. The number of fused-ring (bicyclic) bond motifs is 1. The highest BCUT2D eigenvalue weighted by atomic mass is 19.4. The molecule has 2 nitrogen and oxygen atoms in total. The molecular weight excluding hydrogens is 480 g/mol. The molecule has 2 atom stereocenters. The molecule has 0 aromatic heterocycles. The highest BCUT2D eigenvalue weighted by Crippen LogP contribution is 2.42. The molecule has 0 aliphatic heterocycles. The number of likely N-dealkylation sites (N-methyl/N-ethyl adjacent to an activating group) is 1. The summed E-state index contributed by atoms with van der Waals surface area (Å²) in [5.41, 5.74) is 1.01. The third-order valence-corrected chi connectivity index (χ3v) is 7.15. The molecule has 36 heavy (non-hydrogen) atoms. The molecule has 0 saturated carbocycles. The molecule has 3 aromatic rings. The highest BCUT2D eigenvalue weighted by Gasteiger charge is 2.42. The lowest BCUT2D eigenvalue weighted by molar-refractivity contribution is -0.143. The number of halogens is 6. The van der Waals surface area contributed by atoms with Crippen LogP contribution in [0.25, 0.3) is 22.3 Å². The van der Waals surface area contributed by atoms with Crippen molar-refractivity contribution < 1.29 is 31.1 Å². The fourth-order valence-corrected chi connectivity index (χ4v) is 5.19. The lowest BCUT2D eigenvalue weighted by Gasteiger charge is -2.45. The number of nitrogens with zero attached hydrogens (tertiary/aromatic N) is 1. The monoisotopic (exact) mass is 507 g/mol. The Bertz CT molecular complexity index is 1210. The van der Waals surface area contributed by atoms with E-state index in [0.29, 0.717) is 0 Å². The predicted molar refractivity (Wildman–Crippen MR) is 127 cm³/mol. The van der Waals surface area contributed by atoms with Crippen molar-refractivity contribution in [2.75, 3.05) is 21.2 Å². The molecule has 0 saturated heterocycles. The van der Waals surface area contributed by atoms with E-state index in [9.17, 15) is 26.3 Å². The van der Waals surface area contributed by atoms with E-state index >= 15 is 0 Å². The molecule has 0 fully saturated rings. The van der Waals surface area contributed by atoms with Crippen LogP contribution in [0.5, 0.6) is 0 Å². The number of aryl methyl sites for hydroxylation is 1. The molecule has 0 N–H and O–H groups in total. The van der Waals surface area contributed by atoms with Crippen molar-refractivity contribution in [3.8, 4) is 22.3 Å². The summed E-state index contributed by atoms with van der Waals surface area (Å²) < 4.78 is 85.4. The fourth-order valence-electron chi connectivity index (χ4n) is 5.19. The molecule has 0 radical (unpaired) electrons. The Balaban J connectivity index is 1.69. The van der Waals surface area contributed by atoms with Gasteiger partial charge >= 0.3 is 12.4 Å². The lowest BCUT2D eigenvalue weighted by atomic mass is 9.75. The highest BCUT2D eigenvalue weighted by molar-refractivity contribution is 5.72. The molecule has 1 aliphatic rings. The Labute approximate surface area is 206 Å². The Morgan fingerprint density at radius 1 is 0.750 bits per heavy atom. The van der Waals surface area contributed by atoms with E-state index in [0.717, 1.165) is 47.2 Å². The van der Waals surface area contributed by atoms with Gasteiger partial charge in [0.1, 0.15) is 5.60 Å². The van der Waals surface area contributed by atoms with Crippen molar-refractivity contribution in [3.63, 3.8) is 0 Å². The first-order valence-electron chi connectivity index (χ1n) is 11.5. The summed E-state index contributed by atoms with van der Waals surface area (Å²) >= 11 is 0. The van der Waals surface area contributed by atoms with Crippen LogP contribution in [-0.2, 0) is 29.1 Å². The van der Waals surface area contributed by atoms with Crippen molar-refractivity contribution in [3.05, 3.63) is 82.9 Å². The van der Waals surface area contributed by atoms with Crippen molar-refractivity contribution >= 4 is 0 Å². The summed E-state index contributed by atoms with van der Waals surface area (Å²) in [7, 11) is 5.77. The zero-order chi connectivity index (χ0) is 26.5. The predicted octanol–water partition coefficient (Wildman–Crippen LogP) is 7.80. The van der Waals surface area contributed by atoms with Gasteiger partial charge in [-0.25, -0.2) is 0 Å². The van der Waals surface area contributed by atoms with Crippen LogP contribution in [-0.4, -0.2) is 32.1 Å². The number of ether oxygens (including phenoxy) is 1. The molecule has 8 heteroatoms. The van der Waals surface area contributed by atoms with Gasteiger partial charge in [-0.1, -0.05) is 42.5 Å². The molecule has 192 valence electrons. The maximum atomic E-state index is 13.2. The number of alkyl halides is 6. The third kappa shape index (κ3) is 4.89. The molecule has 0 heterocycles. The molecule has 0 amide bonds. The molecule has 0 bridgehead atoms. The first-order valence-corrected chi connectivity index (χ1v) is 11.5. The fraction of sp³-hybridized carbons (Fsp3) is 0.357. The van der Waals surface area contributed by atoms with Gasteiger partial charge in [0, 0.05) is 13.2 Å². The van der Waals surface area contributed by atoms with Crippen LogP contribution in [0.2, 0.25) is 0 Å². The second kappa shape index (κ2) is 9.23. The van der Waals surface area contributed by atoms with E-state index < -0.39 is 29.1 Å². The smallest absolute Gasteiger partial charge is 0.372 e. The molecule has 3 aromatic carbocycles. The minimum absolute atomic E-state index is 0.139. The molecule has 1 aliphatic carbocycles. The van der Waals surface area contributed by atoms with Gasteiger partial charge in [0.15, 0.2) is 0 Å². The summed E-state index contributed by atoms with van der Waals surface area (Å²) in [5, 5.41) is 0. The van der Waals surface area contributed by atoms with Crippen LogP contribution in [0, 0.1) is 0 Å². The van der Waals surface area contributed by atoms with Crippen LogP contribution >= 0.6 is 0 Å². The van der Waals surface area contributed by atoms with Gasteiger partial charge in [-0.05, 0) is 85.4 Å². The Morgan fingerprint density at radius 2 is 1.25 bits per heavy atom. The zero-order valence-corrected chi connectivity index (χ0v) is 20.4. The molecular formula is C28H27F6NO. The first kappa shape index (κ1) is 26.2. The van der Waals surface area contributed by atoms with Crippen molar-refractivity contribution in [1.82, 2.24) is 4.90 Å². The molecule has 4 rings (SSSR count). The summed E-state index contributed by atoms with van der Waals surface area (Å²) in [6.45, 7) is 2.08. The second-order valence-corrected chi connectivity index (χ2v) is 9.57. The average Bonchev–Trinajstić information content (AvgIpc) is 2.82. The van der Waals surface area contributed by atoms with E-state index in [4.69, 9.17) is 4.74 Å². The average molecular weight is 508 g/mol. The summed E-state index contributed by atoms with van der Waals surface area (Å²) in [5.74, 6) is 0. The SMILES string of the molecule is COC1(C)c2ccc(-c3ccc(-c4cc(C(F)(F)F)cc(C(F)(F)F)c4)cc3)cc2CCC1N(C)C. The number of hydrogen-bond acceptors (Lipinski definition) is 2. The van der Waals surface area contributed by atoms with E-state index in [1.165, 1.54) is 0 Å². The summed E-state index contributed by atoms with van der Waals surface area (Å²) in [6, 6.07) is 14.5. The largest absolute Gasteiger partial charge is 0.416 e. The number of hydrogen-bond donors (Lipinski definition) is 0. The Morgan fingerprint density at radius 3 is 1.72 bits per heavy atom. The number of rotatable bonds is 4. The normalized spacial score (nSPS) is 20.5. The van der Waals surface area contributed by atoms with Gasteiger partial charge in [-0.3, -0.25) is 0 Å². The van der Waals surface area contributed by atoms with Gasteiger partial charge in [-0.15, -0.1) is 0 Å². The lowest BCUT2D eigenvalue weighted by Crippen LogP contribution is -2.50. The van der Waals surface area contributed by atoms with E-state index in [-0.39, 0.29) is 23.2 Å². The minimum atomic E-state index is -4.89. The second-order valence-electron chi connectivity index (χ2n) is 9.57. The number of methoxy groups -OCH3 is 1. The Kier molecular flexibility index (Phi) is 6.73. The molecule has 2 unspecified atom stereocenters. The summed E-state index contributed by atoms with van der Waals surface area (Å²) in [6.07, 6.45) is -7.99. The quantitative estimate of drug-likeness (QED) is 0.334. The Hall–Kier alpha value is -2.84. The summed E-state index contributed by atoms with van der Waals surface area (Å²) in [4.78, 5) is 2.16. The van der Waals surface area contributed by atoms with Gasteiger partial charge < -0.3 is 9.64 Å². The topological polar surface area (TPSA) is 12.5 Å². The van der Waals surface area contributed by atoms with Crippen LogP contribution in [0.15, 0.2) is 60.7 Å². The van der Waals surface area contributed by atoms with Gasteiger partial charge in [0.05, 0.1) is 11.1 Å². The van der Waals surface area contributed by atoms with Gasteiger partial charge in [0.2, 0.25) is 0 Å². The zero-order valence-electron chi connectivity index (χ0n) is 20.4. The first-order chi connectivity index (χ1) is 16.7. The van der Waals surface area contributed by atoms with Gasteiger partial charge in [-0.2, -0.15) is 26.3 Å². The third-order valence-electron chi connectivity index (χ3n) is 7.15. The molecule has 0 spiro atoms.